The number of nitrogens with one attached hydrogen (secondary N) is 2. The molecule has 2 N–H and O–H groups in total. The molecule has 2 nitrogen and oxygen atoms in total. The van der Waals surface area contributed by atoms with Crippen LogP contribution in [0.3, 0.4) is 0 Å². The maximum absolute atomic E-state index is 7.08. The standard InChI is InChI=1S/C7H6N2/c8-5-6-1-3-7(9)4-2-6/h1-4,8-9H. The summed E-state index contributed by atoms with van der Waals surface area (Å²) in [6.45, 7) is 0. The van der Waals surface area contributed by atoms with E-state index in [2.05, 4.69) is 5.87 Å². The van der Waals surface area contributed by atoms with Gasteiger partial charge in [-0.25, -0.2) is 0 Å². The quantitative estimate of drug-likeness (QED) is 0.450. The molecule has 0 heterocycles. The Morgan fingerprint density at radius 3 is 2.11 bits per heavy atom. The highest BCUT2D eigenvalue weighted by atomic mass is 14.4. The van der Waals surface area contributed by atoms with Crippen LogP contribution in [0.2, 0.25) is 0 Å². The van der Waals surface area contributed by atoms with Crippen LogP contribution in [0.1, 0.15) is 0 Å². The number of allylic oxidation sites excluding steroid dienone is 5. The van der Waals surface area contributed by atoms with Crippen molar-refractivity contribution in [2.45, 2.75) is 0 Å². The van der Waals surface area contributed by atoms with Crippen molar-refractivity contribution in [3.05, 3.63) is 29.9 Å². The van der Waals surface area contributed by atoms with Crippen molar-refractivity contribution >= 4 is 11.6 Å². The molecule has 1 aliphatic rings. The van der Waals surface area contributed by atoms with Gasteiger partial charge in [0.15, 0.2) is 0 Å². The molecular weight excluding hydrogens is 112 g/mol. The molecule has 0 amide bonds. The summed E-state index contributed by atoms with van der Waals surface area (Å²) in [5.74, 6) is 2.22. The molecule has 0 atom stereocenters. The minimum Gasteiger partial charge on any atom is -0.301 e. The Morgan fingerprint density at radius 1 is 1.11 bits per heavy atom. The zero-order valence-corrected chi connectivity index (χ0v) is 4.81. The molecule has 1 aliphatic carbocycles. The van der Waals surface area contributed by atoms with Gasteiger partial charge in [0.05, 0.1) is 5.71 Å². The van der Waals surface area contributed by atoms with Crippen molar-refractivity contribution in [2.24, 2.45) is 0 Å². The smallest absolute Gasteiger partial charge is 0.0540 e. The molecule has 0 aromatic carbocycles. The third-order valence-corrected chi connectivity index (χ3v) is 1.03. The minimum atomic E-state index is 0.467. The van der Waals surface area contributed by atoms with E-state index >= 15 is 0 Å². The lowest BCUT2D eigenvalue weighted by atomic mass is 10.1. The van der Waals surface area contributed by atoms with Crippen LogP contribution in [-0.4, -0.2) is 11.6 Å². The van der Waals surface area contributed by atoms with Crippen molar-refractivity contribution in [1.29, 1.82) is 10.8 Å². The van der Waals surface area contributed by atoms with E-state index in [1.54, 1.807) is 24.3 Å². The first-order valence-electron chi connectivity index (χ1n) is 2.57. The van der Waals surface area contributed by atoms with Crippen molar-refractivity contribution in [2.75, 3.05) is 0 Å². The Labute approximate surface area is 53.2 Å². The molecule has 0 spiro atoms. The van der Waals surface area contributed by atoms with E-state index in [-0.39, 0.29) is 0 Å². The third kappa shape index (κ3) is 1.24. The van der Waals surface area contributed by atoms with Gasteiger partial charge in [0.25, 0.3) is 0 Å². The first-order chi connectivity index (χ1) is 4.33. The van der Waals surface area contributed by atoms with Crippen LogP contribution in [0.4, 0.5) is 0 Å². The van der Waals surface area contributed by atoms with Gasteiger partial charge in [-0.05, 0) is 30.2 Å². The van der Waals surface area contributed by atoms with E-state index in [4.69, 9.17) is 10.8 Å². The SMILES string of the molecule is N=C=C1C=CC(=N)C=C1. The number of hydrogen-bond acceptors (Lipinski definition) is 2. The maximum Gasteiger partial charge on any atom is 0.0540 e. The summed E-state index contributed by atoms with van der Waals surface area (Å²) in [7, 11) is 0. The summed E-state index contributed by atoms with van der Waals surface area (Å²) < 4.78 is 0. The van der Waals surface area contributed by atoms with Crippen LogP contribution >= 0.6 is 0 Å². The largest absolute Gasteiger partial charge is 0.301 e. The van der Waals surface area contributed by atoms with Crippen LogP contribution in [0.15, 0.2) is 29.9 Å². The molecule has 9 heavy (non-hydrogen) atoms. The Bertz CT molecular complexity index is 222. The van der Waals surface area contributed by atoms with Gasteiger partial charge >= 0.3 is 0 Å². The van der Waals surface area contributed by atoms with Gasteiger partial charge in [0, 0.05) is 5.57 Å². The van der Waals surface area contributed by atoms with E-state index in [1.165, 1.54) is 0 Å². The average Bonchev–Trinajstić information content (AvgIpc) is 1.90. The summed E-state index contributed by atoms with van der Waals surface area (Å²) in [4.78, 5) is 0. The molecule has 0 radical (unpaired) electrons. The lowest BCUT2D eigenvalue weighted by Crippen LogP contribution is -1.89. The molecule has 0 saturated heterocycles. The molecule has 1 rings (SSSR count). The van der Waals surface area contributed by atoms with Gasteiger partial charge in [-0.3, -0.25) is 5.41 Å². The van der Waals surface area contributed by atoms with E-state index in [9.17, 15) is 0 Å². The second-order valence-electron chi connectivity index (χ2n) is 1.70. The van der Waals surface area contributed by atoms with Crippen molar-refractivity contribution in [1.82, 2.24) is 0 Å². The fourth-order valence-electron chi connectivity index (χ4n) is 0.554. The normalized spacial score (nSPS) is 16.0. The van der Waals surface area contributed by atoms with Crippen LogP contribution in [-0.2, 0) is 0 Å². The summed E-state index contributed by atoms with van der Waals surface area (Å²) in [5.41, 5.74) is 1.18. The van der Waals surface area contributed by atoms with Gasteiger partial charge < -0.3 is 5.41 Å². The molecule has 0 bridgehead atoms. The number of hydrogen-bond donors (Lipinski definition) is 2. The fourth-order valence-corrected chi connectivity index (χ4v) is 0.554. The van der Waals surface area contributed by atoms with Crippen LogP contribution in [0.25, 0.3) is 0 Å². The highest BCUT2D eigenvalue weighted by Gasteiger charge is 1.92. The predicted molar refractivity (Wildman–Crippen MR) is 37.2 cm³/mol. The molecule has 44 valence electrons. The molecule has 0 aromatic heterocycles. The predicted octanol–water partition coefficient (Wildman–Crippen LogP) is 1.31. The fraction of sp³-hybridized carbons (Fsp3) is 0. The molecule has 2 heteroatoms. The van der Waals surface area contributed by atoms with E-state index in [0.29, 0.717) is 11.3 Å². The van der Waals surface area contributed by atoms with E-state index < -0.39 is 0 Å². The monoisotopic (exact) mass is 118 g/mol. The van der Waals surface area contributed by atoms with Gasteiger partial charge in [0.1, 0.15) is 0 Å². The van der Waals surface area contributed by atoms with Crippen LogP contribution < -0.4 is 0 Å². The van der Waals surface area contributed by atoms with Gasteiger partial charge in [-0.15, -0.1) is 0 Å². The second-order valence-corrected chi connectivity index (χ2v) is 1.70. The first kappa shape index (κ1) is 5.73. The van der Waals surface area contributed by atoms with Crippen molar-refractivity contribution in [3.63, 3.8) is 0 Å². The topological polar surface area (TPSA) is 47.7 Å². The maximum atomic E-state index is 7.08. The number of rotatable bonds is 0. The summed E-state index contributed by atoms with van der Waals surface area (Å²) in [5, 5.41) is 13.8. The van der Waals surface area contributed by atoms with Crippen LogP contribution in [0.5, 0.6) is 0 Å². The lowest BCUT2D eigenvalue weighted by Gasteiger charge is -1.94. The zero-order chi connectivity index (χ0) is 6.69. The molecule has 0 aliphatic heterocycles. The Morgan fingerprint density at radius 2 is 1.67 bits per heavy atom. The average molecular weight is 118 g/mol. The first-order valence-corrected chi connectivity index (χ1v) is 2.57. The minimum absolute atomic E-state index is 0.467. The van der Waals surface area contributed by atoms with Gasteiger partial charge in [-0.1, -0.05) is 0 Å². The molecule has 0 fully saturated rings. The highest BCUT2D eigenvalue weighted by Crippen LogP contribution is 2.00. The van der Waals surface area contributed by atoms with Gasteiger partial charge in [-0.2, -0.15) is 0 Å². The Balaban J connectivity index is 2.94. The Hall–Kier alpha value is -1.40. The van der Waals surface area contributed by atoms with E-state index in [0.717, 1.165) is 0 Å². The summed E-state index contributed by atoms with van der Waals surface area (Å²) in [6, 6.07) is 0. The Kier molecular flexibility index (Phi) is 1.43. The molecular formula is C7H6N2. The third-order valence-electron chi connectivity index (χ3n) is 1.03. The molecule has 0 aromatic rings. The summed E-state index contributed by atoms with van der Waals surface area (Å²) >= 11 is 0. The summed E-state index contributed by atoms with van der Waals surface area (Å²) in [6.07, 6.45) is 6.65. The molecule has 0 unspecified atom stereocenters. The van der Waals surface area contributed by atoms with Crippen molar-refractivity contribution < 1.29 is 0 Å². The van der Waals surface area contributed by atoms with Crippen LogP contribution in [0, 0.1) is 10.8 Å². The second kappa shape index (κ2) is 2.25. The zero-order valence-electron chi connectivity index (χ0n) is 4.81. The molecule has 0 saturated carbocycles. The van der Waals surface area contributed by atoms with Crippen molar-refractivity contribution in [3.8, 4) is 0 Å². The van der Waals surface area contributed by atoms with E-state index in [1.807, 2.05) is 0 Å². The highest BCUT2D eigenvalue weighted by molar-refractivity contribution is 6.04. The lowest BCUT2D eigenvalue weighted by molar-refractivity contribution is 1.51. The van der Waals surface area contributed by atoms with Gasteiger partial charge in [0.2, 0.25) is 0 Å².